The lowest BCUT2D eigenvalue weighted by Gasteiger charge is -2.17. The first kappa shape index (κ1) is 14.2. The highest BCUT2D eigenvalue weighted by Crippen LogP contribution is 2.11. The van der Waals surface area contributed by atoms with Gasteiger partial charge in [-0.1, -0.05) is 28.1 Å². The molecule has 0 amide bonds. The van der Waals surface area contributed by atoms with Crippen LogP contribution in [0.4, 0.5) is 0 Å². The third kappa shape index (κ3) is 5.30. The van der Waals surface area contributed by atoms with Crippen LogP contribution in [0.25, 0.3) is 0 Å². The third-order valence-electron chi connectivity index (χ3n) is 2.50. The number of aliphatic carboxylic acids is 1. The molecule has 0 aliphatic carbocycles. The van der Waals surface area contributed by atoms with Crippen LogP contribution in [-0.4, -0.2) is 35.6 Å². The Hall–Kier alpha value is -0.910. The highest BCUT2D eigenvalue weighted by molar-refractivity contribution is 9.10. The van der Waals surface area contributed by atoms with Gasteiger partial charge in [0.15, 0.2) is 0 Å². The minimum atomic E-state index is -0.943. The molecule has 0 spiro atoms. The summed E-state index contributed by atoms with van der Waals surface area (Å²) in [6.45, 7) is 1.46. The van der Waals surface area contributed by atoms with Crippen LogP contribution in [0.5, 0.6) is 0 Å². The Balaban J connectivity index is 2.36. The van der Waals surface area contributed by atoms with Gasteiger partial charge in [0.2, 0.25) is 0 Å². The van der Waals surface area contributed by atoms with Crippen molar-refractivity contribution < 1.29 is 9.90 Å². The van der Waals surface area contributed by atoms with Gasteiger partial charge in [0.1, 0.15) is 6.04 Å². The lowest BCUT2D eigenvalue weighted by Crippen LogP contribution is -2.34. The van der Waals surface area contributed by atoms with Crippen molar-refractivity contribution in [1.29, 1.82) is 0 Å². The molecule has 1 aromatic rings. The van der Waals surface area contributed by atoms with E-state index >= 15 is 0 Å². The molecule has 4 nitrogen and oxygen atoms in total. The summed E-state index contributed by atoms with van der Waals surface area (Å²) in [5, 5.41) is 8.67. The third-order valence-corrected chi connectivity index (χ3v) is 3.03. The van der Waals surface area contributed by atoms with Crippen LogP contribution in [0, 0.1) is 0 Å². The minimum Gasteiger partial charge on any atom is -0.480 e. The van der Waals surface area contributed by atoms with Crippen LogP contribution in [0.3, 0.4) is 0 Å². The van der Waals surface area contributed by atoms with E-state index in [1.165, 1.54) is 5.56 Å². The number of carbonyl (C=O) groups is 1. The summed E-state index contributed by atoms with van der Waals surface area (Å²) in [7, 11) is 1.95. The summed E-state index contributed by atoms with van der Waals surface area (Å²) >= 11 is 3.38. The molecule has 0 heterocycles. The molecule has 3 N–H and O–H groups in total. The Bertz CT molecular complexity index is 367. The van der Waals surface area contributed by atoms with Gasteiger partial charge in [-0.15, -0.1) is 0 Å². The molecule has 1 atom stereocenters. The zero-order valence-electron chi connectivity index (χ0n) is 9.77. The number of rotatable bonds is 6. The second-order valence-electron chi connectivity index (χ2n) is 4.10. The van der Waals surface area contributed by atoms with Gasteiger partial charge in [-0.05, 0) is 31.2 Å². The van der Waals surface area contributed by atoms with Crippen molar-refractivity contribution in [3.8, 4) is 0 Å². The lowest BCUT2D eigenvalue weighted by atomic mass is 10.2. The molecule has 0 saturated carbocycles. The number of carboxylic acid groups (broad SMARTS) is 1. The number of hydrogen-bond donors (Lipinski definition) is 2. The summed E-state index contributed by atoms with van der Waals surface area (Å²) in [5.41, 5.74) is 6.64. The van der Waals surface area contributed by atoms with Crippen LogP contribution in [-0.2, 0) is 11.3 Å². The molecule has 0 fully saturated rings. The van der Waals surface area contributed by atoms with E-state index in [9.17, 15) is 4.79 Å². The van der Waals surface area contributed by atoms with Crippen LogP contribution in [0.15, 0.2) is 28.7 Å². The van der Waals surface area contributed by atoms with Crippen molar-refractivity contribution in [3.05, 3.63) is 34.3 Å². The molecule has 1 aromatic carbocycles. The van der Waals surface area contributed by atoms with E-state index in [-0.39, 0.29) is 0 Å². The summed E-state index contributed by atoms with van der Waals surface area (Å²) in [4.78, 5) is 12.6. The maximum atomic E-state index is 10.6. The normalized spacial score (nSPS) is 12.7. The Morgan fingerprint density at radius 3 is 2.59 bits per heavy atom. The highest BCUT2D eigenvalue weighted by atomic mass is 79.9. The first-order chi connectivity index (χ1) is 7.99. The van der Waals surface area contributed by atoms with Crippen LogP contribution >= 0.6 is 15.9 Å². The van der Waals surface area contributed by atoms with Crippen molar-refractivity contribution in [2.45, 2.75) is 19.0 Å². The molecule has 1 rings (SSSR count). The van der Waals surface area contributed by atoms with Crippen molar-refractivity contribution in [1.82, 2.24) is 4.90 Å². The Morgan fingerprint density at radius 1 is 1.47 bits per heavy atom. The number of benzene rings is 1. The van der Waals surface area contributed by atoms with Gasteiger partial charge in [0.05, 0.1) is 0 Å². The predicted molar refractivity (Wildman–Crippen MR) is 70.7 cm³/mol. The summed E-state index contributed by atoms with van der Waals surface area (Å²) in [5.74, 6) is -0.943. The van der Waals surface area contributed by atoms with Gasteiger partial charge in [0, 0.05) is 17.6 Å². The SMILES string of the molecule is CN(CCC(N)C(=O)O)Cc1ccc(Br)cc1. The second-order valence-corrected chi connectivity index (χ2v) is 5.01. The van der Waals surface area contributed by atoms with Crippen molar-refractivity contribution in [3.63, 3.8) is 0 Å². The maximum absolute atomic E-state index is 10.6. The number of nitrogens with zero attached hydrogens (tertiary/aromatic N) is 1. The highest BCUT2D eigenvalue weighted by Gasteiger charge is 2.12. The fourth-order valence-corrected chi connectivity index (χ4v) is 1.73. The van der Waals surface area contributed by atoms with E-state index in [4.69, 9.17) is 10.8 Å². The first-order valence-electron chi connectivity index (χ1n) is 5.40. The van der Waals surface area contributed by atoms with E-state index in [0.29, 0.717) is 13.0 Å². The quantitative estimate of drug-likeness (QED) is 0.839. The molecule has 0 aliphatic heterocycles. The van der Waals surface area contributed by atoms with E-state index < -0.39 is 12.0 Å². The lowest BCUT2D eigenvalue weighted by molar-refractivity contribution is -0.138. The fraction of sp³-hybridized carbons (Fsp3) is 0.417. The van der Waals surface area contributed by atoms with Gasteiger partial charge in [-0.3, -0.25) is 4.79 Å². The molecular formula is C12H17BrN2O2. The van der Waals surface area contributed by atoms with E-state index in [2.05, 4.69) is 20.8 Å². The van der Waals surface area contributed by atoms with Crippen LogP contribution in [0.2, 0.25) is 0 Å². The Kier molecular flexibility index (Phi) is 5.61. The topological polar surface area (TPSA) is 66.6 Å². The van der Waals surface area contributed by atoms with E-state index in [1.807, 2.05) is 31.3 Å². The number of halogens is 1. The smallest absolute Gasteiger partial charge is 0.320 e. The number of hydrogen-bond acceptors (Lipinski definition) is 3. The maximum Gasteiger partial charge on any atom is 0.320 e. The molecule has 5 heteroatoms. The first-order valence-corrected chi connectivity index (χ1v) is 6.19. The summed E-state index contributed by atoms with van der Waals surface area (Å²) < 4.78 is 1.05. The van der Waals surface area contributed by atoms with Crippen molar-refractivity contribution in [2.24, 2.45) is 5.73 Å². The molecule has 0 bridgehead atoms. The van der Waals surface area contributed by atoms with Crippen molar-refractivity contribution >= 4 is 21.9 Å². The van der Waals surface area contributed by atoms with Crippen LogP contribution in [0.1, 0.15) is 12.0 Å². The molecule has 17 heavy (non-hydrogen) atoms. The average Bonchev–Trinajstić information content (AvgIpc) is 2.29. The number of carboxylic acids is 1. The Morgan fingerprint density at radius 2 is 2.06 bits per heavy atom. The molecule has 0 aromatic heterocycles. The summed E-state index contributed by atoms with van der Waals surface area (Å²) in [6, 6.07) is 7.29. The second kappa shape index (κ2) is 6.74. The molecule has 94 valence electrons. The van der Waals surface area contributed by atoms with Gasteiger partial charge in [0.25, 0.3) is 0 Å². The molecule has 1 unspecified atom stereocenters. The molecule has 0 aliphatic rings. The zero-order valence-corrected chi connectivity index (χ0v) is 11.4. The zero-order chi connectivity index (χ0) is 12.8. The molecule has 0 saturated heterocycles. The fourth-order valence-electron chi connectivity index (χ4n) is 1.46. The summed E-state index contributed by atoms with van der Waals surface area (Å²) in [6.07, 6.45) is 0.461. The van der Waals surface area contributed by atoms with Gasteiger partial charge in [-0.25, -0.2) is 0 Å². The van der Waals surface area contributed by atoms with Gasteiger partial charge >= 0.3 is 5.97 Å². The van der Waals surface area contributed by atoms with E-state index in [0.717, 1.165) is 11.0 Å². The monoisotopic (exact) mass is 300 g/mol. The molecular weight excluding hydrogens is 284 g/mol. The molecule has 0 radical (unpaired) electrons. The average molecular weight is 301 g/mol. The van der Waals surface area contributed by atoms with Crippen LogP contribution < -0.4 is 5.73 Å². The minimum absolute atomic E-state index is 0.461. The van der Waals surface area contributed by atoms with E-state index in [1.54, 1.807) is 0 Å². The standard InChI is InChI=1S/C12H17BrN2O2/c1-15(7-6-11(14)12(16)17)8-9-2-4-10(13)5-3-9/h2-5,11H,6-8,14H2,1H3,(H,16,17). The van der Waals surface area contributed by atoms with Gasteiger partial charge in [-0.2, -0.15) is 0 Å². The predicted octanol–water partition coefficient (Wildman–Crippen LogP) is 1.68. The van der Waals surface area contributed by atoms with Crippen molar-refractivity contribution in [2.75, 3.05) is 13.6 Å². The van der Waals surface area contributed by atoms with Gasteiger partial charge < -0.3 is 15.7 Å². The Labute approximate surface area is 110 Å². The number of nitrogens with two attached hydrogens (primary N) is 1. The largest absolute Gasteiger partial charge is 0.480 e.